The molecule has 3 aromatic heterocycles. The van der Waals surface area contributed by atoms with Gasteiger partial charge in [0, 0.05) is 29.8 Å². The molecule has 0 unspecified atom stereocenters. The van der Waals surface area contributed by atoms with Gasteiger partial charge in [-0.3, -0.25) is 9.89 Å². The van der Waals surface area contributed by atoms with Gasteiger partial charge in [-0.15, -0.1) is 0 Å². The highest BCUT2D eigenvalue weighted by molar-refractivity contribution is 5.80. The molecule has 2 aromatic carbocycles. The molecule has 0 saturated heterocycles. The van der Waals surface area contributed by atoms with Crippen molar-refractivity contribution in [3.63, 3.8) is 0 Å². The van der Waals surface area contributed by atoms with Crippen molar-refractivity contribution >= 4 is 16.7 Å². The molecule has 2 N–H and O–H groups in total. The van der Waals surface area contributed by atoms with Gasteiger partial charge >= 0.3 is 0 Å². The zero-order valence-corrected chi connectivity index (χ0v) is 13.7. The Labute approximate surface area is 147 Å². The molecular formula is C19H14N6O. The van der Waals surface area contributed by atoms with Gasteiger partial charge in [0.2, 0.25) is 0 Å². The number of nitrogens with zero attached hydrogens (tertiary/aromatic N) is 4. The Morgan fingerprint density at radius 2 is 1.81 bits per heavy atom. The van der Waals surface area contributed by atoms with Gasteiger partial charge in [0.1, 0.15) is 11.0 Å². The maximum absolute atomic E-state index is 12.5. The highest BCUT2D eigenvalue weighted by Crippen LogP contribution is 2.21. The number of rotatable bonds is 3. The van der Waals surface area contributed by atoms with Crippen LogP contribution in [0.15, 0.2) is 65.6 Å². The first-order valence-corrected chi connectivity index (χ1v) is 8.23. The van der Waals surface area contributed by atoms with Crippen LogP contribution < -0.4 is 5.56 Å². The second-order valence-electron chi connectivity index (χ2n) is 6.13. The first kappa shape index (κ1) is 14.6. The Kier molecular flexibility index (Phi) is 3.18. The number of aromatic nitrogens is 6. The molecule has 0 fully saturated rings. The summed E-state index contributed by atoms with van der Waals surface area (Å²) in [5.74, 6) is 0. The van der Waals surface area contributed by atoms with Crippen molar-refractivity contribution in [3.8, 4) is 11.3 Å². The molecule has 0 aliphatic heterocycles. The lowest BCUT2D eigenvalue weighted by Gasteiger charge is -2.03. The zero-order valence-electron chi connectivity index (χ0n) is 13.7. The summed E-state index contributed by atoms with van der Waals surface area (Å²) in [6.07, 6.45) is 2.54. The third-order valence-corrected chi connectivity index (χ3v) is 4.42. The van der Waals surface area contributed by atoms with Crippen LogP contribution in [0.5, 0.6) is 0 Å². The lowest BCUT2D eigenvalue weighted by atomic mass is 10.1. The summed E-state index contributed by atoms with van der Waals surface area (Å²) < 4.78 is 1.47. The average Bonchev–Trinajstić information content (AvgIpc) is 3.29. The van der Waals surface area contributed by atoms with Gasteiger partial charge in [-0.1, -0.05) is 36.4 Å². The van der Waals surface area contributed by atoms with Crippen LogP contribution in [-0.2, 0) is 6.42 Å². The van der Waals surface area contributed by atoms with E-state index < -0.39 is 0 Å². The molecule has 26 heavy (non-hydrogen) atoms. The van der Waals surface area contributed by atoms with Crippen molar-refractivity contribution in [1.29, 1.82) is 0 Å². The molecule has 7 heteroatoms. The summed E-state index contributed by atoms with van der Waals surface area (Å²) >= 11 is 0. The van der Waals surface area contributed by atoms with Crippen molar-refractivity contribution in [2.75, 3.05) is 0 Å². The molecule has 5 rings (SSSR count). The summed E-state index contributed by atoms with van der Waals surface area (Å²) in [6, 6.07) is 17.3. The Balaban J connectivity index is 1.65. The maximum Gasteiger partial charge on any atom is 0.273 e. The molecule has 0 radical (unpaired) electrons. The predicted octanol–water partition coefficient (Wildman–Crippen LogP) is 2.55. The van der Waals surface area contributed by atoms with Crippen LogP contribution in [-0.4, -0.2) is 30.0 Å². The van der Waals surface area contributed by atoms with Gasteiger partial charge in [-0.25, -0.2) is 9.50 Å². The molecule has 126 valence electrons. The van der Waals surface area contributed by atoms with E-state index in [0.717, 1.165) is 27.7 Å². The second-order valence-corrected chi connectivity index (χ2v) is 6.13. The van der Waals surface area contributed by atoms with Crippen LogP contribution >= 0.6 is 0 Å². The van der Waals surface area contributed by atoms with Crippen LogP contribution in [0.4, 0.5) is 0 Å². The molecular weight excluding hydrogens is 328 g/mol. The molecule has 0 aliphatic rings. The van der Waals surface area contributed by atoms with Gasteiger partial charge in [-0.05, 0) is 17.7 Å². The number of hydrogen-bond donors (Lipinski definition) is 2. The van der Waals surface area contributed by atoms with Gasteiger partial charge in [0.05, 0.1) is 5.69 Å². The highest BCUT2D eigenvalue weighted by Gasteiger charge is 2.12. The monoisotopic (exact) mass is 342 g/mol. The normalized spacial score (nSPS) is 11.4. The number of benzene rings is 2. The standard InChI is InChI=1S/C19H14N6O/c26-18-10-16(13-6-7-15-17(9-13)23-24-22-15)21-19-14(11-20-25(18)19)8-12-4-2-1-3-5-12/h1-7,9-11,20H,8H2,(H,22,23,24). The van der Waals surface area contributed by atoms with Crippen LogP contribution in [0, 0.1) is 0 Å². The SMILES string of the molecule is O=c1cc(-c2ccc3n[nH]nc3c2)nc2c(Cc3ccccc3)c[nH]n12. The van der Waals surface area contributed by atoms with Crippen LogP contribution in [0.3, 0.4) is 0 Å². The molecule has 7 nitrogen and oxygen atoms in total. The van der Waals surface area contributed by atoms with Crippen LogP contribution in [0.1, 0.15) is 11.1 Å². The van der Waals surface area contributed by atoms with E-state index >= 15 is 0 Å². The van der Waals surface area contributed by atoms with Crippen molar-refractivity contribution in [3.05, 3.63) is 82.3 Å². The quantitative estimate of drug-likeness (QED) is 0.527. The molecule has 0 atom stereocenters. The van der Waals surface area contributed by atoms with E-state index in [1.165, 1.54) is 10.6 Å². The minimum absolute atomic E-state index is 0.149. The van der Waals surface area contributed by atoms with E-state index in [2.05, 4.69) is 32.6 Å². The summed E-state index contributed by atoms with van der Waals surface area (Å²) in [4.78, 5) is 17.2. The van der Waals surface area contributed by atoms with E-state index in [0.29, 0.717) is 17.8 Å². The molecule has 0 saturated carbocycles. The molecule has 3 heterocycles. The number of nitrogens with one attached hydrogen (secondary N) is 2. The summed E-state index contributed by atoms with van der Waals surface area (Å²) in [5, 5.41) is 13.7. The summed E-state index contributed by atoms with van der Waals surface area (Å²) in [5.41, 5.74) is 5.59. The topological polar surface area (TPSA) is 91.7 Å². The minimum atomic E-state index is -0.149. The lowest BCUT2D eigenvalue weighted by molar-refractivity contribution is 0.901. The van der Waals surface area contributed by atoms with Crippen molar-refractivity contribution in [1.82, 2.24) is 30.0 Å². The third-order valence-electron chi connectivity index (χ3n) is 4.42. The largest absolute Gasteiger partial charge is 0.297 e. The van der Waals surface area contributed by atoms with Crippen molar-refractivity contribution in [2.45, 2.75) is 6.42 Å². The average molecular weight is 342 g/mol. The fourth-order valence-electron chi connectivity index (χ4n) is 3.12. The van der Waals surface area contributed by atoms with E-state index in [1.54, 1.807) is 0 Å². The Morgan fingerprint density at radius 1 is 0.962 bits per heavy atom. The minimum Gasteiger partial charge on any atom is -0.297 e. The number of H-pyrrole nitrogens is 2. The predicted molar refractivity (Wildman–Crippen MR) is 97.9 cm³/mol. The molecule has 0 spiro atoms. The van der Waals surface area contributed by atoms with E-state index in [1.807, 2.05) is 42.6 Å². The number of aromatic amines is 2. The van der Waals surface area contributed by atoms with E-state index in [4.69, 9.17) is 4.98 Å². The summed E-state index contributed by atoms with van der Waals surface area (Å²) in [6.45, 7) is 0. The van der Waals surface area contributed by atoms with Gasteiger partial charge < -0.3 is 0 Å². The third kappa shape index (κ3) is 2.37. The van der Waals surface area contributed by atoms with Gasteiger partial charge in [0.25, 0.3) is 5.56 Å². The smallest absolute Gasteiger partial charge is 0.273 e. The zero-order chi connectivity index (χ0) is 17.5. The fraction of sp³-hybridized carbons (Fsp3) is 0.0526. The highest BCUT2D eigenvalue weighted by atomic mass is 16.1. The van der Waals surface area contributed by atoms with Crippen LogP contribution in [0.25, 0.3) is 27.9 Å². The second kappa shape index (κ2) is 5.66. The first-order chi connectivity index (χ1) is 12.8. The molecule has 0 bridgehead atoms. The Morgan fingerprint density at radius 3 is 2.69 bits per heavy atom. The first-order valence-electron chi connectivity index (χ1n) is 8.23. The Hall–Kier alpha value is -3.74. The number of hydrogen-bond acceptors (Lipinski definition) is 4. The van der Waals surface area contributed by atoms with E-state index in [-0.39, 0.29) is 5.56 Å². The van der Waals surface area contributed by atoms with Crippen molar-refractivity contribution < 1.29 is 0 Å². The summed E-state index contributed by atoms with van der Waals surface area (Å²) in [7, 11) is 0. The van der Waals surface area contributed by atoms with Crippen molar-refractivity contribution in [2.24, 2.45) is 0 Å². The lowest BCUT2D eigenvalue weighted by Crippen LogP contribution is -2.14. The van der Waals surface area contributed by atoms with Crippen LogP contribution in [0.2, 0.25) is 0 Å². The Bertz CT molecular complexity index is 1280. The fourth-order valence-corrected chi connectivity index (χ4v) is 3.12. The van der Waals surface area contributed by atoms with Gasteiger partial charge in [-0.2, -0.15) is 15.4 Å². The number of fused-ring (bicyclic) bond motifs is 2. The van der Waals surface area contributed by atoms with E-state index in [9.17, 15) is 4.79 Å². The molecule has 0 amide bonds. The molecule has 0 aliphatic carbocycles. The maximum atomic E-state index is 12.5. The van der Waals surface area contributed by atoms with Gasteiger partial charge in [0.15, 0.2) is 5.65 Å². The molecule has 5 aromatic rings.